The number of hydrogen-bond acceptors (Lipinski definition) is 6. The quantitative estimate of drug-likeness (QED) is 0.245. The molecule has 10 heteroatoms. The van der Waals surface area contributed by atoms with E-state index in [0.717, 1.165) is 5.56 Å². The van der Waals surface area contributed by atoms with Crippen molar-refractivity contribution in [3.8, 4) is 0 Å². The number of carboxylic acid groups (broad SMARTS) is 1. The van der Waals surface area contributed by atoms with E-state index in [1.165, 1.54) is 0 Å². The number of hydrogen-bond donors (Lipinski definition) is 6. The van der Waals surface area contributed by atoms with Crippen molar-refractivity contribution < 1.29 is 24.3 Å². The lowest BCUT2D eigenvalue weighted by Crippen LogP contribution is -2.59. The van der Waals surface area contributed by atoms with Crippen LogP contribution in [0.5, 0.6) is 0 Å². The molecule has 3 amide bonds. The number of carbonyl (C=O) groups is 4. The molecule has 0 aliphatic heterocycles. The van der Waals surface area contributed by atoms with Crippen LogP contribution in [0.2, 0.25) is 0 Å². The molecule has 178 valence electrons. The summed E-state index contributed by atoms with van der Waals surface area (Å²) in [6.07, 6.45) is 0.100. The van der Waals surface area contributed by atoms with Gasteiger partial charge in [0.25, 0.3) is 0 Å². The van der Waals surface area contributed by atoms with Crippen molar-refractivity contribution in [3.05, 3.63) is 35.9 Å². The minimum Gasteiger partial charge on any atom is -0.480 e. The first kappa shape index (κ1) is 27.4. The number of amides is 3. The zero-order chi connectivity index (χ0) is 24.4. The van der Waals surface area contributed by atoms with Crippen LogP contribution in [-0.4, -0.2) is 58.7 Å². The molecular weight excluding hydrogens is 432 g/mol. The minimum absolute atomic E-state index is 0.000576. The van der Waals surface area contributed by atoms with Crippen molar-refractivity contribution in [1.82, 2.24) is 16.0 Å². The molecule has 6 N–H and O–H groups in total. The van der Waals surface area contributed by atoms with Crippen LogP contribution in [0, 0.1) is 11.8 Å². The maximum Gasteiger partial charge on any atom is 0.326 e. The van der Waals surface area contributed by atoms with E-state index < -0.39 is 47.9 Å². The van der Waals surface area contributed by atoms with Gasteiger partial charge in [0.05, 0.1) is 6.04 Å². The highest BCUT2D eigenvalue weighted by Gasteiger charge is 2.31. The average molecular weight is 467 g/mol. The molecule has 0 saturated carbocycles. The van der Waals surface area contributed by atoms with Gasteiger partial charge in [0.2, 0.25) is 17.7 Å². The third-order valence-corrected chi connectivity index (χ3v) is 5.35. The number of carbonyl (C=O) groups excluding carboxylic acids is 3. The van der Waals surface area contributed by atoms with Crippen LogP contribution in [0.15, 0.2) is 30.3 Å². The molecule has 1 aromatic rings. The van der Waals surface area contributed by atoms with Gasteiger partial charge < -0.3 is 26.8 Å². The fourth-order valence-electron chi connectivity index (χ4n) is 2.86. The third kappa shape index (κ3) is 8.51. The molecule has 0 aliphatic rings. The Morgan fingerprint density at radius 2 is 1.44 bits per heavy atom. The maximum absolute atomic E-state index is 12.8. The van der Waals surface area contributed by atoms with Crippen LogP contribution >= 0.6 is 12.6 Å². The van der Waals surface area contributed by atoms with Crippen LogP contribution in [0.1, 0.15) is 33.3 Å². The van der Waals surface area contributed by atoms with Gasteiger partial charge in [-0.25, -0.2) is 4.79 Å². The van der Waals surface area contributed by atoms with Crippen molar-refractivity contribution in [3.63, 3.8) is 0 Å². The molecule has 9 nitrogen and oxygen atoms in total. The average Bonchev–Trinajstić information content (AvgIpc) is 2.74. The van der Waals surface area contributed by atoms with Crippen LogP contribution in [0.25, 0.3) is 0 Å². The summed E-state index contributed by atoms with van der Waals surface area (Å²) >= 11 is 4.12. The first-order valence-corrected chi connectivity index (χ1v) is 11.1. The SMILES string of the molecule is CC(C)C(N)C(=O)NC(CS)C(=O)NC(C(=O)NC(Cc1ccccc1)C(=O)O)C(C)C. The molecule has 0 spiro atoms. The van der Waals surface area contributed by atoms with Gasteiger partial charge >= 0.3 is 5.97 Å². The number of thiol groups is 1. The molecule has 0 aliphatic carbocycles. The molecular formula is C22H34N4O5S. The van der Waals surface area contributed by atoms with E-state index in [4.69, 9.17) is 5.73 Å². The minimum atomic E-state index is -1.18. The molecule has 0 bridgehead atoms. The lowest BCUT2D eigenvalue weighted by atomic mass is 10.0. The van der Waals surface area contributed by atoms with Crippen LogP contribution < -0.4 is 21.7 Å². The van der Waals surface area contributed by atoms with Gasteiger partial charge in [0, 0.05) is 12.2 Å². The summed E-state index contributed by atoms with van der Waals surface area (Å²) in [6, 6.07) is 4.97. The van der Waals surface area contributed by atoms with Crippen molar-refractivity contribution in [2.45, 2.75) is 58.3 Å². The summed E-state index contributed by atoms with van der Waals surface area (Å²) in [5.41, 5.74) is 6.57. The lowest BCUT2D eigenvalue weighted by Gasteiger charge is -2.27. The van der Waals surface area contributed by atoms with Gasteiger partial charge in [-0.2, -0.15) is 12.6 Å². The highest BCUT2D eigenvalue weighted by atomic mass is 32.1. The largest absolute Gasteiger partial charge is 0.480 e. The Bertz CT molecular complexity index is 788. The third-order valence-electron chi connectivity index (χ3n) is 4.98. The molecule has 0 radical (unpaired) electrons. The van der Waals surface area contributed by atoms with E-state index in [1.54, 1.807) is 52.0 Å². The zero-order valence-corrected chi connectivity index (χ0v) is 19.8. The molecule has 1 aromatic carbocycles. The van der Waals surface area contributed by atoms with Crippen molar-refractivity contribution >= 4 is 36.3 Å². The molecule has 0 heterocycles. The molecule has 32 heavy (non-hydrogen) atoms. The first-order valence-electron chi connectivity index (χ1n) is 10.5. The molecule has 4 unspecified atom stereocenters. The molecule has 4 atom stereocenters. The van der Waals surface area contributed by atoms with Crippen LogP contribution in [0.3, 0.4) is 0 Å². The number of nitrogens with one attached hydrogen (secondary N) is 3. The Labute approximate surface area is 194 Å². The van der Waals surface area contributed by atoms with Gasteiger partial charge in [0.15, 0.2) is 0 Å². The van der Waals surface area contributed by atoms with E-state index in [9.17, 15) is 24.3 Å². The number of benzene rings is 1. The smallest absolute Gasteiger partial charge is 0.326 e. The van der Waals surface area contributed by atoms with Gasteiger partial charge in [-0.15, -0.1) is 0 Å². The second-order valence-electron chi connectivity index (χ2n) is 8.33. The van der Waals surface area contributed by atoms with Gasteiger partial charge in [-0.05, 0) is 17.4 Å². The number of nitrogens with two attached hydrogens (primary N) is 1. The highest BCUT2D eigenvalue weighted by Crippen LogP contribution is 2.08. The molecule has 0 fully saturated rings. The lowest BCUT2D eigenvalue weighted by molar-refractivity contribution is -0.142. The topological polar surface area (TPSA) is 151 Å². The summed E-state index contributed by atoms with van der Waals surface area (Å²) < 4.78 is 0. The van der Waals surface area contributed by atoms with Crippen molar-refractivity contribution in [1.29, 1.82) is 0 Å². The van der Waals surface area contributed by atoms with Crippen LogP contribution in [0.4, 0.5) is 0 Å². The Kier molecular flexibility index (Phi) is 11.2. The summed E-state index contributed by atoms with van der Waals surface area (Å²) in [4.78, 5) is 49.4. The fourth-order valence-corrected chi connectivity index (χ4v) is 3.12. The van der Waals surface area contributed by atoms with E-state index in [-0.39, 0.29) is 24.0 Å². The number of carboxylic acids is 1. The van der Waals surface area contributed by atoms with Crippen LogP contribution in [-0.2, 0) is 25.6 Å². The molecule has 0 aromatic heterocycles. The summed E-state index contributed by atoms with van der Waals surface area (Å²) in [7, 11) is 0. The zero-order valence-electron chi connectivity index (χ0n) is 18.9. The Hall–Kier alpha value is -2.59. The second kappa shape index (κ2) is 13.1. The van der Waals surface area contributed by atoms with E-state index in [0.29, 0.717) is 0 Å². The molecule has 0 saturated heterocycles. The highest BCUT2D eigenvalue weighted by molar-refractivity contribution is 7.80. The van der Waals surface area contributed by atoms with Gasteiger partial charge in [-0.3, -0.25) is 14.4 Å². The van der Waals surface area contributed by atoms with Gasteiger partial charge in [-0.1, -0.05) is 58.0 Å². The predicted molar refractivity (Wildman–Crippen MR) is 125 cm³/mol. The standard InChI is InChI=1S/C22H34N4O5S/c1-12(2)17(23)20(28)25-16(11-32)19(27)26-18(13(3)4)21(29)24-15(22(30)31)10-14-8-6-5-7-9-14/h5-9,12-13,15-18,32H,10-11,23H2,1-4H3,(H,24,29)(H,25,28)(H,26,27)(H,30,31). The predicted octanol–water partition coefficient (Wildman–Crippen LogP) is 0.337. The Balaban J connectivity index is 2.87. The van der Waals surface area contributed by atoms with Gasteiger partial charge in [0.1, 0.15) is 18.1 Å². The molecule has 1 rings (SSSR count). The Morgan fingerprint density at radius 1 is 0.875 bits per heavy atom. The first-order chi connectivity index (χ1) is 15.0. The van der Waals surface area contributed by atoms with E-state index in [1.807, 2.05) is 6.07 Å². The number of rotatable bonds is 12. The summed E-state index contributed by atoms with van der Waals surface area (Å²) in [5.74, 6) is -3.36. The fraction of sp³-hybridized carbons (Fsp3) is 0.545. The monoisotopic (exact) mass is 466 g/mol. The normalized spacial score (nSPS) is 14.9. The summed E-state index contributed by atoms with van der Waals surface area (Å²) in [6.45, 7) is 7.02. The number of aliphatic carboxylic acids is 1. The van der Waals surface area contributed by atoms with Crippen molar-refractivity contribution in [2.24, 2.45) is 17.6 Å². The Morgan fingerprint density at radius 3 is 1.91 bits per heavy atom. The van der Waals surface area contributed by atoms with E-state index in [2.05, 4.69) is 28.6 Å². The second-order valence-corrected chi connectivity index (χ2v) is 8.70. The summed E-state index contributed by atoms with van der Waals surface area (Å²) in [5, 5.41) is 17.2. The maximum atomic E-state index is 12.8. The van der Waals surface area contributed by atoms with Crippen molar-refractivity contribution in [2.75, 3.05) is 5.75 Å². The van der Waals surface area contributed by atoms with E-state index >= 15 is 0 Å².